The Morgan fingerprint density at radius 1 is 1.22 bits per heavy atom. The number of rotatable bonds is 5. The van der Waals surface area contributed by atoms with Gasteiger partial charge in [-0.15, -0.1) is 11.3 Å². The molecule has 1 amide bonds. The van der Waals surface area contributed by atoms with Crippen molar-refractivity contribution in [3.05, 3.63) is 16.8 Å². The van der Waals surface area contributed by atoms with Crippen LogP contribution >= 0.6 is 11.3 Å². The number of aryl methyl sites for hydroxylation is 1. The first kappa shape index (κ1) is 19.3. The summed E-state index contributed by atoms with van der Waals surface area (Å²) in [5.41, 5.74) is 0.834. The number of nitrogens with zero attached hydrogens (tertiary/aromatic N) is 3. The third-order valence-corrected chi connectivity index (χ3v) is 5.73. The summed E-state index contributed by atoms with van der Waals surface area (Å²) in [7, 11) is 0. The van der Waals surface area contributed by atoms with Crippen LogP contribution in [-0.2, 0) is 9.47 Å². The molecule has 0 spiro atoms. The van der Waals surface area contributed by atoms with E-state index in [1.165, 1.54) is 17.7 Å². The van der Waals surface area contributed by atoms with Crippen molar-refractivity contribution in [2.45, 2.75) is 39.7 Å². The van der Waals surface area contributed by atoms with Crippen molar-refractivity contribution in [2.24, 2.45) is 0 Å². The van der Waals surface area contributed by atoms with E-state index >= 15 is 0 Å². The number of nitrogens with one attached hydrogen (secondary N) is 1. The highest BCUT2D eigenvalue weighted by Gasteiger charge is 2.25. The molecule has 2 aromatic heterocycles. The van der Waals surface area contributed by atoms with Crippen LogP contribution < -0.4 is 5.32 Å². The summed E-state index contributed by atoms with van der Waals surface area (Å²) in [5.74, 6) is 0.394. The van der Waals surface area contributed by atoms with Crippen molar-refractivity contribution in [1.29, 1.82) is 0 Å². The number of hydrogen-bond acceptors (Lipinski definition) is 8. The second kappa shape index (κ2) is 8.51. The standard InChI is InChI=1S/C18H24N4O4S/c1-4-25-17(23)14-11(3)13-15(19-10-20-16(13)27-14)21-12-6-8-22(9-7-12)18(24)26-5-2/h10,12H,4-9H2,1-3H3,(H,19,20,21). The summed E-state index contributed by atoms with van der Waals surface area (Å²) >= 11 is 1.32. The van der Waals surface area contributed by atoms with E-state index in [-0.39, 0.29) is 18.1 Å². The molecule has 0 saturated carbocycles. The minimum Gasteiger partial charge on any atom is -0.462 e. The summed E-state index contributed by atoms with van der Waals surface area (Å²) in [6.45, 7) is 7.49. The van der Waals surface area contributed by atoms with E-state index < -0.39 is 0 Å². The molecule has 9 heteroatoms. The minimum absolute atomic E-state index is 0.194. The highest BCUT2D eigenvalue weighted by molar-refractivity contribution is 7.20. The highest BCUT2D eigenvalue weighted by Crippen LogP contribution is 2.34. The van der Waals surface area contributed by atoms with Gasteiger partial charge in [0.1, 0.15) is 21.9 Å². The van der Waals surface area contributed by atoms with Gasteiger partial charge in [-0.25, -0.2) is 19.6 Å². The van der Waals surface area contributed by atoms with E-state index in [1.807, 2.05) is 6.92 Å². The van der Waals surface area contributed by atoms with Crippen molar-refractivity contribution in [2.75, 3.05) is 31.6 Å². The van der Waals surface area contributed by atoms with E-state index in [0.29, 0.717) is 31.2 Å². The molecule has 3 heterocycles. The van der Waals surface area contributed by atoms with Gasteiger partial charge < -0.3 is 19.7 Å². The summed E-state index contributed by atoms with van der Waals surface area (Å²) in [6.07, 6.45) is 2.85. The summed E-state index contributed by atoms with van der Waals surface area (Å²) in [4.78, 5) is 35.7. The lowest BCUT2D eigenvalue weighted by Crippen LogP contribution is -2.42. The Morgan fingerprint density at radius 2 is 1.93 bits per heavy atom. The molecule has 1 aliphatic heterocycles. The fourth-order valence-corrected chi connectivity index (χ4v) is 4.23. The van der Waals surface area contributed by atoms with Gasteiger partial charge in [-0.1, -0.05) is 0 Å². The minimum atomic E-state index is -0.327. The van der Waals surface area contributed by atoms with E-state index in [9.17, 15) is 9.59 Å². The number of aromatic nitrogens is 2. The molecule has 1 N–H and O–H groups in total. The largest absolute Gasteiger partial charge is 0.462 e. The van der Waals surface area contributed by atoms with Crippen LogP contribution in [0, 0.1) is 6.92 Å². The monoisotopic (exact) mass is 392 g/mol. The van der Waals surface area contributed by atoms with Crippen molar-refractivity contribution in [3.8, 4) is 0 Å². The Kier molecular flexibility index (Phi) is 6.10. The van der Waals surface area contributed by atoms with Crippen LogP contribution in [0.25, 0.3) is 10.2 Å². The summed E-state index contributed by atoms with van der Waals surface area (Å²) in [5, 5.41) is 4.32. The lowest BCUT2D eigenvalue weighted by atomic mass is 10.1. The molecule has 8 nitrogen and oxygen atoms in total. The maximum absolute atomic E-state index is 12.2. The third kappa shape index (κ3) is 4.13. The smallest absolute Gasteiger partial charge is 0.409 e. The van der Waals surface area contributed by atoms with Crippen LogP contribution in [-0.4, -0.2) is 59.3 Å². The van der Waals surface area contributed by atoms with Crippen LogP contribution in [0.4, 0.5) is 10.6 Å². The second-order valence-corrected chi connectivity index (χ2v) is 7.28. The molecule has 0 bridgehead atoms. The van der Waals surface area contributed by atoms with Crippen LogP contribution in [0.1, 0.15) is 41.9 Å². The second-order valence-electron chi connectivity index (χ2n) is 6.28. The number of carbonyl (C=O) groups is 2. The molecule has 1 aliphatic rings. The van der Waals surface area contributed by atoms with Gasteiger partial charge in [-0.2, -0.15) is 0 Å². The Labute approximate surface area is 161 Å². The first-order valence-corrected chi connectivity index (χ1v) is 9.96. The number of ether oxygens (including phenoxy) is 2. The van der Waals surface area contributed by atoms with Gasteiger partial charge >= 0.3 is 12.1 Å². The zero-order chi connectivity index (χ0) is 19.4. The third-order valence-electron chi connectivity index (χ3n) is 4.55. The molecule has 3 rings (SSSR count). The average Bonchev–Trinajstić information content (AvgIpc) is 3.01. The van der Waals surface area contributed by atoms with Crippen molar-refractivity contribution in [3.63, 3.8) is 0 Å². The van der Waals surface area contributed by atoms with Gasteiger partial charge in [0.15, 0.2) is 0 Å². The van der Waals surface area contributed by atoms with Crippen molar-refractivity contribution < 1.29 is 19.1 Å². The number of amides is 1. The molecule has 0 aromatic carbocycles. The van der Waals surface area contributed by atoms with Crippen molar-refractivity contribution in [1.82, 2.24) is 14.9 Å². The van der Waals surface area contributed by atoms with Gasteiger partial charge in [0, 0.05) is 19.1 Å². The van der Waals surface area contributed by atoms with Gasteiger partial charge in [0.25, 0.3) is 0 Å². The number of piperidine rings is 1. The van der Waals surface area contributed by atoms with E-state index in [1.54, 1.807) is 18.7 Å². The zero-order valence-electron chi connectivity index (χ0n) is 15.8. The highest BCUT2D eigenvalue weighted by atomic mass is 32.1. The molecular formula is C18H24N4O4S. The molecule has 1 saturated heterocycles. The Morgan fingerprint density at radius 3 is 2.59 bits per heavy atom. The predicted molar refractivity (Wildman–Crippen MR) is 103 cm³/mol. The Bertz CT molecular complexity index is 830. The van der Waals surface area contributed by atoms with Gasteiger partial charge in [0.2, 0.25) is 0 Å². The number of hydrogen-bond donors (Lipinski definition) is 1. The molecule has 0 aliphatic carbocycles. The fourth-order valence-electron chi connectivity index (χ4n) is 3.19. The van der Waals surface area contributed by atoms with E-state index in [4.69, 9.17) is 9.47 Å². The number of esters is 1. The van der Waals surface area contributed by atoms with Crippen LogP contribution in [0.15, 0.2) is 6.33 Å². The molecule has 1 fully saturated rings. The number of thiophene rings is 1. The zero-order valence-corrected chi connectivity index (χ0v) is 16.6. The summed E-state index contributed by atoms with van der Waals surface area (Å²) in [6, 6.07) is 0.194. The fraction of sp³-hybridized carbons (Fsp3) is 0.556. The lowest BCUT2D eigenvalue weighted by Gasteiger charge is -2.32. The van der Waals surface area contributed by atoms with Crippen LogP contribution in [0.3, 0.4) is 0 Å². The van der Waals surface area contributed by atoms with Gasteiger partial charge in [-0.05, 0) is 39.2 Å². The molecular weight excluding hydrogens is 368 g/mol. The maximum atomic E-state index is 12.2. The average molecular weight is 392 g/mol. The molecule has 146 valence electrons. The molecule has 0 unspecified atom stereocenters. The maximum Gasteiger partial charge on any atom is 0.409 e. The SMILES string of the molecule is CCOC(=O)c1sc2ncnc(NC3CCN(C(=O)OCC)CC3)c2c1C. The van der Waals surface area contributed by atoms with Gasteiger partial charge in [0.05, 0.1) is 18.6 Å². The topological polar surface area (TPSA) is 93.6 Å². The number of fused-ring (bicyclic) bond motifs is 1. The van der Waals surface area contributed by atoms with Crippen LogP contribution in [0.5, 0.6) is 0 Å². The number of carbonyl (C=O) groups excluding carboxylic acids is 2. The molecule has 0 atom stereocenters. The Hall–Kier alpha value is -2.42. The molecule has 2 aromatic rings. The normalized spacial score (nSPS) is 15.0. The van der Waals surface area contributed by atoms with Crippen LogP contribution in [0.2, 0.25) is 0 Å². The first-order chi connectivity index (χ1) is 13.0. The first-order valence-electron chi connectivity index (χ1n) is 9.14. The number of anilines is 1. The Balaban J connectivity index is 1.74. The predicted octanol–water partition coefficient (Wildman–Crippen LogP) is 3.21. The quantitative estimate of drug-likeness (QED) is 0.781. The van der Waals surface area contributed by atoms with E-state index in [0.717, 1.165) is 34.4 Å². The molecule has 0 radical (unpaired) electrons. The lowest BCUT2D eigenvalue weighted by molar-refractivity contribution is 0.0531. The molecule has 27 heavy (non-hydrogen) atoms. The van der Waals surface area contributed by atoms with E-state index in [2.05, 4.69) is 15.3 Å². The van der Waals surface area contributed by atoms with Crippen molar-refractivity contribution >= 4 is 39.4 Å². The van der Waals surface area contributed by atoms with Gasteiger partial charge in [-0.3, -0.25) is 0 Å². The summed E-state index contributed by atoms with van der Waals surface area (Å²) < 4.78 is 10.2. The number of likely N-dealkylation sites (tertiary alicyclic amines) is 1.